The van der Waals surface area contributed by atoms with Crippen molar-refractivity contribution < 1.29 is 38.1 Å². The van der Waals surface area contributed by atoms with Crippen LogP contribution >= 0.6 is 0 Å². The number of nitrogens with zero attached hydrogens (tertiary/aromatic N) is 1. The summed E-state index contributed by atoms with van der Waals surface area (Å²) in [6.07, 6.45) is -2.45. The first-order valence-electron chi connectivity index (χ1n) is 8.10. The third-order valence-electron chi connectivity index (χ3n) is 4.15. The average molecular weight is 357 g/mol. The molecular formula is C16H23NO8. The Kier molecular flexibility index (Phi) is 5.99. The molecule has 25 heavy (non-hydrogen) atoms. The van der Waals surface area contributed by atoms with Crippen LogP contribution in [0.25, 0.3) is 0 Å². The smallest absolute Gasteiger partial charge is 0.303 e. The van der Waals surface area contributed by atoms with Gasteiger partial charge in [0, 0.05) is 47.2 Å². The minimum absolute atomic E-state index is 0.289. The van der Waals surface area contributed by atoms with Crippen molar-refractivity contribution in [1.82, 2.24) is 4.90 Å². The van der Waals surface area contributed by atoms with Gasteiger partial charge >= 0.3 is 23.9 Å². The fraction of sp³-hybridized carbons (Fsp3) is 0.750. The van der Waals surface area contributed by atoms with E-state index in [1.807, 2.05) is 4.90 Å². The van der Waals surface area contributed by atoms with Crippen molar-refractivity contribution in [2.24, 2.45) is 0 Å². The van der Waals surface area contributed by atoms with Crippen molar-refractivity contribution in [3.8, 4) is 0 Å². The van der Waals surface area contributed by atoms with E-state index in [2.05, 4.69) is 0 Å². The summed E-state index contributed by atoms with van der Waals surface area (Å²) in [6, 6.07) is -0.301. The van der Waals surface area contributed by atoms with Gasteiger partial charge in [0.05, 0.1) is 6.04 Å². The first-order valence-corrected chi connectivity index (χ1v) is 8.10. The zero-order chi connectivity index (χ0) is 18.7. The summed E-state index contributed by atoms with van der Waals surface area (Å²) in [4.78, 5) is 47.6. The van der Waals surface area contributed by atoms with Crippen LogP contribution in [0.5, 0.6) is 0 Å². The molecule has 0 radical (unpaired) electrons. The highest BCUT2D eigenvalue weighted by molar-refractivity contribution is 5.68. The van der Waals surface area contributed by atoms with E-state index in [1.54, 1.807) is 0 Å². The second kappa shape index (κ2) is 7.81. The molecule has 0 spiro atoms. The van der Waals surface area contributed by atoms with E-state index in [1.165, 1.54) is 27.7 Å². The lowest BCUT2D eigenvalue weighted by Gasteiger charge is -2.43. The SMILES string of the molecule is CC(=O)O[C@H]1C[C@H]2[C@@H](OC(C)=O)[C@H](OC(C)=O)[C@@H](OC(C)=O)CN2C1. The van der Waals surface area contributed by atoms with Gasteiger partial charge in [0.2, 0.25) is 0 Å². The summed E-state index contributed by atoms with van der Waals surface area (Å²) < 4.78 is 21.2. The standard InChI is InChI=1S/C16H23NO8/c1-8(18)22-12-5-13-15(24-10(3)20)16(25-11(4)21)14(23-9(2)19)7-17(13)6-12/h12-16H,5-7H2,1-4H3/t12-,13-,14-,15+,16+/m0/s1. The summed E-state index contributed by atoms with van der Waals surface area (Å²) in [5.74, 6) is -2.04. The number of carbonyl (C=O) groups is 4. The van der Waals surface area contributed by atoms with Crippen LogP contribution in [0, 0.1) is 0 Å². The second-order valence-electron chi connectivity index (χ2n) is 6.28. The largest absolute Gasteiger partial charge is 0.461 e. The van der Waals surface area contributed by atoms with Crippen LogP contribution in [0.1, 0.15) is 34.1 Å². The van der Waals surface area contributed by atoms with Crippen LogP contribution in [0.2, 0.25) is 0 Å². The van der Waals surface area contributed by atoms with Crippen LogP contribution in [-0.4, -0.2) is 72.3 Å². The minimum atomic E-state index is -0.914. The van der Waals surface area contributed by atoms with Crippen LogP contribution < -0.4 is 0 Å². The molecule has 140 valence electrons. The van der Waals surface area contributed by atoms with Gasteiger partial charge in [-0.25, -0.2) is 0 Å². The van der Waals surface area contributed by atoms with Crippen molar-refractivity contribution in [3.05, 3.63) is 0 Å². The third-order valence-corrected chi connectivity index (χ3v) is 4.15. The molecule has 2 rings (SSSR count). The Balaban J connectivity index is 2.27. The molecule has 0 bridgehead atoms. The van der Waals surface area contributed by atoms with Gasteiger partial charge in [0.1, 0.15) is 6.10 Å². The molecule has 2 aliphatic rings. The number of ether oxygens (including phenoxy) is 4. The molecule has 0 amide bonds. The van der Waals surface area contributed by atoms with Crippen LogP contribution in [0.15, 0.2) is 0 Å². The van der Waals surface area contributed by atoms with E-state index in [4.69, 9.17) is 18.9 Å². The Bertz CT molecular complexity index is 562. The molecule has 9 nitrogen and oxygen atoms in total. The average Bonchev–Trinajstić information content (AvgIpc) is 2.82. The van der Waals surface area contributed by atoms with Gasteiger partial charge < -0.3 is 18.9 Å². The summed E-state index contributed by atoms with van der Waals surface area (Å²) in [7, 11) is 0. The number of piperidine rings is 1. The lowest BCUT2D eigenvalue weighted by atomic mass is 9.93. The van der Waals surface area contributed by atoms with Gasteiger partial charge in [-0.15, -0.1) is 0 Å². The number of rotatable bonds is 4. The van der Waals surface area contributed by atoms with Gasteiger partial charge in [0.25, 0.3) is 0 Å². The molecule has 0 N–H and O–H groups in total. The first kappa shape index (κ1) is 19.2. The molecule has 0 saturated carbocycles. The Hall–Kier alpha value is -2.16. The van der Waals surface area contributed by atoms with Crippen molar-refractivity contribution in [2.75, 3.05) is 13.1 Å². The van der Waals surface area contributed by atoms with E-state index >= 15 is 0 Å². The molecule has 0 aromatic rings. The van der Waals surface area contributed by atoms with Crippen molar-refractivity contribution in [1.29, 1.82) is 0 Å². The number of fused-ring (bicyclic) bond motifs is 1. The Morgan fingerprint density at radius 1 is 0.720 bits per heavy atom. The molecule has 0 unspecified atom stereocenters. The fourth-order valence-electron chi connectivity index (χ4n) is 3.52. The molecule has 2 fully saturated rings. The highest BCUT2D eigenvalue weighted by Crippen LogP contribution is 2.34. The molecule has 2 saturated heterocycles. The zero-order valence-corrected chi connectivity index (χ0v) is 14.7. The van der Waals surface area contributed by atoms with Crippen LogP contribution in [0.4, 0.5) is 0 Å². The second-order valence-corrected chi connectivity index (χ2v) is 6.28. The predicted molar refractivity (Wildman–Crippen MR) is 82.2 cm³/mol. The molecule has 2 aliphatic heterocycles. The number of carbonyl (C=O) groups excluding carboxylic acids is 4. The molecule has 9 heteroatoms. The summed E-state index contributed by atoms with van der Waals surface area (Å²) in [5.41, 5.74) is 0. The predicted octanol–water partition coefficient (Wildman–Crippen LogP) is -0.199. The summed E-state index contributed by atoms with van der Waals surface area (Å²) >= 11 is 0. The maximum absolute atomic E-state index is 11.5. The van der Waals surface area contributed by atoms with E-state index in [-0.39, 0.29) is 18.7 Å². The van der Waals surface area contributed by atoms with E-state index in [0.717, 1.165) is 0 Å². The highest BCUT2D eigenvalue weighted by Gasteiger charge is 2.53. The topological polar surface area (TPSA) is 108 Å². The quantitative estimate of drug-likeness (QED) is 0.499. The summed E-state index contributed by atoms with van der Waals surface area (Å²) in [5, 5.41) is 0. The van der Waals surface area contributed by atoms with Crippen LogP contribution in [0.3, 0.4) is 0 Å². The number of hydrogen-bond acceptors (Lipinski definition) is 9. The molecular weight excluding hydrogens is 334 g/mol. The molecule has 0 aliphatic carbocycles. The summed E-state index contributed by atoms with van der Waals surface area (Å²) in [6.45, 7) is 5.78. The van der Waals surface area contributed by atoms with Crippen molar-refractivity contribution in [2.45, 2.75) is 64.6 Å². The number of esters is 4. The maximum atomic E-state index is 11.5. The molecule has 2 heterocycles. The molecule has 5 atom stereocenters. The van der Waals surface area contributed by atoms with Gasteiger partial charge in [0.15, 0.2) is 18.3 Å². The van der Waals surface area contributed by atoms with E-state index in [9.17, 15) is 19.2 Å². The Labute approximate surface area is 145 Å². The van der Waals surface area contributed by atoms with Crippen molar-refractivity contribution >= 4 is 23.9 Å². The molecule has 0 aromatic heterocycles. The molecule has 0 aromatic carbocycles. The van der Waals surface area contributed by atoms with Crippen molar-refractivity contribution in [3.63, 3.8) is 0 Å². The lowest BCUT2D eigenvalue weighted by molar-refractivity contribution is -0.200. The monoisotopic (exact) mass is 357 g/mol. The normalized spacial score (nSPS) is 31.6. The maximum Gasteiger partial charge on any atom is 0.303 e. The van der Waals surface area contributed by atoms with Gasteiger partial charge in [-0.2, -0.15) is 0 Å². The number of hydrogen-bond donors (Lipinski definition) is 0. The van der Waals surface area contributed by atoms with E-state index in [0.29, 0.717) is 13.0 Å². The Morgan fingerprint density at radius 3 is 1.76 bits per heavy atom. The fourth-order valence-corrected chi connectivity index (χ4v) is 3.52. The van der Waals surface area contributed by atoms with Crippen LogP contribution in [-0.2, 0) is 38.1 Å². The first-order chi connectivity index (χ1) is 11.7. The Morgan fingerprint density at radius 2 is 1.24 bits per heavy atom. The zero-order valence-electron chi connectivity index (χ0n) is 14.7. The van der Waals surface area contributed by atoms with Gasteiger partial charge in [-0.05, 0) is 0 Å². The van der Waals surface area contributed by atoms with E-state index < -0.39 is 42.2 Å². The van der Waals surface area contributed by atoms with Gasteiger partial charge in [-0.1, -0.05) is 0 Å². The minimum Gasteiger partial charge on any atom is -0.461 e. The lowest BCUT2D eigenvalue weighted by Crippen LogP contribution is -2.62. The highest BCUT2D eigenvalue weighted by atomic mass is 16.6. The van der Waals surface area contributed by atoms with Gasteiger partial charge in [-0.3, -0.25) is 24.1 Å². The third kappa shape index (κ3) is 4.91.